The van der Waals surface area contributed by atoms with E-state index in [1.165, 1.54) is 0 Å². The molecule has 2 N–H and O–H groups in total. The van der Waals surface area contributed by atoms with Crippen molar-refractivity contribution in [2.24, 2.45) is 0 Å². The molecular weight excluding hydrogens is 230 g/mol. The quantitative estimate of drug-likeness (QED) is 0.740. The topological polar surface area (TPSA) is 53.6 Å². The van der Waals surface area contributed by atoms with Crippen LogP contribution in [0.1, 0.15) is 26.7 Å². The minimum absolute atomic E-state index is 0.0804. The lowest BCUT2D eigenvalue weighted by molar-refractivity contribution is -0.119. The molecule has 5 heteroatoms. The van der Waals surface area contributed by atoms with Crippen molar-refractivity contribution in [1.29, 1.82) is 0 Å². The van der Waals surface area contributed by atoms with Gasteiger partial charge in [0, 0.05) is 44.7 Å². The van der Waals surface area contributed by atoms with E-state index in [2.05, 4.69) is 22.5 Å². The van der Waals surface area contributed by atoms with Crippen molar-refractivity contribution < 1.29 is 9.53 Å². The van der Waals surface area contributed by atoms with Crippen LogP contribution in [0.3, 0.4) is 0 Å². The van der Waals surface area contributed by atoms with Gasteiger partial charge in [-0.1, -0.05) is 0 Å². The van der Waals surface area contributed by atoms with Gasteiger partial charge in [0.15, 0.2) is 0 Å². The Morgan fingerprint density at radius 2 is 2.44 bits per heavy atom. The average molecular weight is 255 g/mol. The number of hydrogen-bond donors (Lipinski definition) is 2. The van der Waals surface area contributed by atoms with E-state index in [4.69, 9.17) is 4.74 Å². The molecule has 0 aliphatic carbocycles. The van der Waals surface area contributed by atoms with Crippen LogP contribution in [-0.4, -0.2) is 61.8 Å². The summed E-state index contributed by atoms with van der Waals surface area (Å²) in [5.74, 6) is 0.0804. The molecule has 104 valence electrons. The zero-order chi connectivity index (χ0) is 13.0. The van der Waals surface area contributed by atoms with Crippen LogP contribution in [0.15, 0.2) is 0 Å². The number of rotatable bonds is 4. The number of carbonyl (C=O) groups excluding carboxylic acids is 1. The van der Waals surface area contributed by atoms with Gasteiger partial charge < -0.3 is 15.4 Å². The maximum atomic E-state index is 11.0. The van der Waals surface area contributed by atoms with E-state index in [0.717, 1.165) is 45.7 Å². The Kier molecular flexibility index (Phi) is 4.97. The van der Waals surface area contributed by atoms with Crippen LogP contribution >= 0.6 is 0 Å². The van der Waals surface area contributed by atoms with Gasteiger partial charge in [-0.2, -0.15) is 0 Å². The molecule has 2 fully saturated rings. The van der Waals surface area contributed by atoms with Gasteiger partial charge in [0.05, 0.1) is 13.2 Å². The average Bonchev–Trinajstić information content (AvgIpc) is 2.78. The van der Waals surface area contributed by atoms with E-state index in [0.29, 0.717) is 18.1 Å². The predicted octanol–water partition coefficient (Wildman–Crippen LogP) is -0.0362. The van der Waals surface area contributed by atoms with Crippen molar-refractivity contribution >= 4 is 5.91 Å². The van der Waals surface area contributed by atoms with Gasteiger partial charge in [-0.3, -0.25) is 9.69 Å². The summed E-state index contributed by atoms with van der Waals surface area (Å²) in [6, 6.07) is 1.36. The lowest BCUT2D eigenvalue weighted by atomic mass is 10.1. The van der Waals surface area contributed by atoms with Crippen molar-refractivity contribution in [3.05, 3.63) is 0 Å². The third-order valence-corrected chi connectivity index (χ3v) is 3.87. The Labute approximate surface area is 109 Å². The van der Waals surface area contributed by atoms with Gasteiger partial charge in [-0.05, 0) is 19.8 Å². The first-order valence-corrected chi connectivity index (χ1v) is 6.97. The van der Waals surface area contributed by atoms with Gasteiger partial charge in [-0.25, -0.2) is 0 Å². The fraction of sp³-hybridized carbons (Fsp3) is 0.923. The lowest BCUT2D eigenvalue weighted by Gasteiger charge is -2.31. The van der Waals surface area contributed by atoms with Crippen LogP contribution in [0.2, 0.25) is 0 Å². The van der Waals surface area contributed by atoms with Crippen LogP contribution < -0.4 is 10.6 Å². The second-order valence-electron chi connectivity index (χ2n) is 5.49. The van der Waals surface area contributed by atoms with E-state index < -0.39 is 0 Å². The Bertz CT molecular complexity index is 279. The van der Waals surface area contributed by atoms with Crippen LogP contribution in [0.25, 0.3) is 0 Å². The van der Waals surface area contributed by atoms with Crippen LogP contribution in [-0.2, 0) is 9.53 Å². The molecule has 0 aromatic heterocycles. The summed E-state index contributed by atoms with van der Waals surface area (Å²) in [6.07, 6.45) is 2.19. The van der Waals surface area contributed by atoms with Crippen LogP contribution in [0.4, 0.5) is 0 Å². The van der Waals surface area contributed by atoms with Gasteiger partial charge >= 0.3 is 0 Å². The third-order valence-electron chi connectivity index (χ3n) is 3.87. The normalized spacial score (nSPS) is 31.2. The Morgan fingerprint density at radius 3 is 3.11 bits per heavy atom. The fourth-order valence-electron chi connectivity index (χ4n) is 2.92. The smallest absolute Gasteiger partial charge is 0.217 e. The van der Waals surface area contributed by atoms with E-state index in [1.807, 2.05) is 0 Å². The summed E-state index contributed by atoms with van der Waals surface area (Å²) in [5, 5.41) is 6.50. The molecule has 0 bridgehead atoms. The lowest BCUT2D eigenvalue weighted by Crippen LogP contribution is -2.46. The van der Waals surface area contributed by atoms with Crippen LogP contribution in [0.5, 0.6) is 0 Å². The molecule has 0 aromatic rings. The summed E-state index contributed by atoms with van der Waals surface area (Å²) >= 11 is 0. The fourth-order valence-corrected chi connectivity index (χ4v) is 2.92. The second-order valence-corrected chi connectivity index (χ2v) is 5.49. The highest BCUT2D eigenvalue weighted by molar-refractivity contribution is 5.73. The minimum atomic E-state index is 0.0804. The molecule has 2 aliphatic rings. The maximum absolute atomic E-state index is 11.0. The number of nitrogens with zero attached hydrogens (tertiary/aromatic N) is 1. The SMILES string of the molecule is CC(=O)NC1CCN(C(C)CC2COCCN2)C1. The predicted molar refractivity (Wildman–Crippen MR) is 70.5 cm³/mol. The Hall–Kier alpha value is -0.650. The number of ether oxygens (including phenoxy) is 1. The number of hydrogen-bond acceptors (Lipinski definition) is 4. The van der Waals surface area contributed by atoms with Gasteiger partial charge in [0.2, 0.25) is 5.91 Å². The van der Waals surface area contributed by atoms with E-state index in [1.54, 1.807) is 6.92 Å². The van der Waals surface area contributed by atoms with Gasteiger partial charge in [-0.15, -0.1) is 0 Å². The summed E-state index contributed by atoms with van der Waals surface area (Å²) < 4.78 is 5.48. The van der Waals surface area contributed by atoms with E-state index in [-0.39, 0.29) is 5.91 Å². The Morgan fingerprint density at radius 1 is 1.61 bits per heavy atom. The van der Waals surface area contributed by atoms with Crippen molar-refractivity contribution in [1.82, 2.24) is 15.5 Å². The molecule has 18 heavy (non-hydrogen) atoms. The molecule has 2 heterocycles. The highest BCUT2D eigenvalue weighted by atomic mass is 16.5. The summed E-state index contributed by atoms with van der Waals surface area (Å²) in [6.45, 7) is 8.55. The largest absolute Gasteiger partial charge is 0.379 e. The number of carbonyl (C=O) groups is 1. The second kappa shape index (κ2) is 6.50. The summed E-state index contributed by atoms with van der Waals surface area (Å²) in [7, 11) is 0. The molecule has 2 saturated heterocycles. The molecule has 0 spiro atoms. The zero-order valence-electron chi connectivity index (χ0n) is 11.4. The minimum Gasteiger partial charge on any atom is -0.379 e. The van der Waals surface area contributed by atoms with Crippen LogP contribution in [0, 0.1) is 0 Å². The van der Waals surface area contributed by atoms with Crippen molar-refractivity contribution in [2.75, 3.05) is 32.8 Å². The molecule has 1 amide bonds. The van der Waals surface area contributed by atoms with Crippen molar-refractivity contribution in [3.63, 3.8) is 0 Å². The standard InChI is InChI=1S/C13H25N3O2/c1-10(7-13-9-18-6-4-14-13)16-5-3-12(8-16)15-11(2)17/h10,12-14H,3-9H2,1-2H3,(H,15,17). The molecule has 3 atom stereocenters. The van der Waals surface area contributed by atoms with E-state index in [9.17, 15) is 4.79 Å². The molecule has 0 radical (unpaired) electrons. The monoisotopic (exact) mass is 255 g/mol. The van der Waals surface area contributed by atoms with E-state index >= 15 is 0 Å². The summed E-state index contributed by atoms with van der Waals surface area (Å²) in [4.78, 5) is 13.5. The molecule has 3 unspecified atom stereocenters. The molecular formula is C13H25N3O2. The summed E-state index contributed by atoms with van der Waals surface area (Å²) in [5.41, 5.74) is 0. The van der Waals surface area contributed by atoms with Crippen molar-refractivity contribution in [2.45, 2.75) is 44.8 Å². The molecule has 2 rings (SSSR count). The zero-order valence-corrected chi connectivity index (χ0v) is 11.4. The molecule has 0 saturated carbocycles. The number of morpholine rings is 1. The molecule has 0 aromatic carbocycles. The highest BCUT2D eigenvalue weighted by Crippen LogP contribution is 2.16. The van der Waals surface area contributed by atoms with Gasteiger partial charge in [0.1, 0.15) is 0 Å². The first-order valence-electron chi connectivity index (χ1n) is 6.97. The molecule has 5 nitrogen and oxygen atoms in total. The third kappa shape index (κ3) is 3.93. The number of likely N-dealkylation sites (tertiary alicyclic amines) is 1. The van der Waals surface area contributed by atoms with Crippen molar-refractivity contribution in [3.8, 4) is 0 Å². The maximum Gasteiger partial charge on any atom is 0.217 e. The Balaban J connectivity index is 1.72. The highest BCUT2D eigenvalue weighted by Gasteiger charge is 2.28. The first-order chi connectivity index (χ1) is 8.65. The first kappa shape index (κ1) is 13.8. The van der Waals surface area contributed by atoms with Gasteiger partial charge in [0.25, 0.3) is 0 Å². The molecule has 2 aliphatic heterocycles. The number of amides is 1. The number of nitrogens with one attached hydrogen (secondary N) is 2.